The third kappa shape index (κ3) is 5.11. The van der Waals surface area contributed by atoms with Gasteiger partial charge in [0.25, 0.3) is 0 Å². The number of likely N-dealkylation sites (tertiary alicyclic amines) is 1. The topological polar surface area (TPSA) is 113 Å². The van der Waals surface area contributed by atoms with E-state index in [2.05, 4.69) is 5.16 Å². The Morgan fingerprint density at radius 1 is 1.10 bits per heavy atom. The highest BCUT2D eigenvalue weighted by atomic mass is 35.5. The molecule has 220 valence electrons. The Labute approximate surface area is 245 Å². The van der Waals surface area contributed by atoms with Gasteiger partial charge in [0.1, 0.15) is 23.8 Å². The third-order valence-electron chi connectivity index (χ3n) is 9.81. The Morgan fingerprint density at radius 3 is 2.71 bits per heavy atom. The molecule has 6 rings (SSSR count). The number of aryl methyl sites for hydroxylation is 1. The van der Waals surface area contributed by atoms with Crippen molar-refractivity contribution in [3.8, 4) is 5.75 Å². The summed E-state index contributed by atoms with van der Waals surface area (Å²) in [6.45, 7) is 3.30. The van der Waals surface area contributed by atoms with Gasteiger partial charge in [-0.25, -0.2) is 0 Å². The second-order valence-electron chi connectivity index (χ2n) is 12.2. The van der Waals surface area contributed by atoms with Crippen molar-refractivity contribution in [1.29, 1.82) is 0 Å². The molecule has 0 bridgehead atoms. The zero-order chi connectivity index (χ0) is 28.7. The Balaban J connectivity index is 1.36. The van der Waals surface area contributed by atoms with E-state index in [1.54, 1.807) is 6.92 Å². The molecule has 10 heteroatoms. The van der Waals surface area contributed by atoms with Crippen LogP contribution in [-0.4, -0.2) is 57.5 Å². The minimum absolute atomic E-state index is 0.0660. The summed E-state index contributed by atoms with van der Waals surface area (Å²) in [7, 11) is 0. The van der Waals surface area contributed by atoms with Crippen molar-refractivity contribution in [2.24, 2.45) is 11.3 Å². The van der Waals surface area contributed by atoms with Gasteiger partial charge in [0.15, 0.2) is 0 Å². The molecule has 9 nitrogen and oxygen atoms in total. The lowest BCUT2D eigenvalue weighted by atomic mass is 9.66. The van der Waals surface area contributed by atoms with E-state index in [1.165, 1.54) is 0 Å². The Morgan fingerprint density at radius 2 is 1.93 bits per heavy atom. The number of hydrogen-bond donors (Lipinski definition) is 1. The van der Waals surface area contributed by atoms with E-state index in [9.17, 15) is 19.5 Å². The molecule has 2 aliphatic heterocycles. The lowest BCUT2D eigenvalue weighted by molar-refractivity contribution is -0.162. The molecule has 2 amide bonds. The fourth-order valence-corrected chi connectivity index (χ4v) is 7.62. The summed E-state index contributed by atoms with van der Waals surface area (Å²) in [5.41, 5.74) is 2.51. The number of halogens is 1. The van der Waals surface area contributed by atoms with E-state index < -0.39 is 23.3 Å². The van der Waals surface area contributed by atoms with Crippen LogP contribution in [0.3, 0.4) is 0 Å². The second kappa shape index (κ2) is 11.3. The van der Waals surface area contributed by atoms with Crippen molar-refractivity contribution in [2.45, 2.75) is 90.2 Å². The maximum absolute atomic E-state index is 14.3. The standard InChI is InChI=1S/C31H38ClN3O6/c1-31(30(38)39)14-5-4-8-21(31)29(37)35-16-13-19-22(32)11-12-26(28(19)24(35)17-34-15-6-10-27(34)36)40-18-23-20-7-2-3-9-25(20)41-33-23/h11-12,21,24H,2-10,13-18H2,1H3,(H,38,39)/t21?,24?,31-/m0/s1. The Hall–Kier alpha value is -3.07. The van der Waals surface area contributed by atoms with Crippen LogP contribution >= 0.6 is 11.6 Å². The summed E-state index contributed by atoms with van der Waals surface area (Å²) in [5.74, 6) is -0.107. The average Bonchev–Trinajstić information content (AvgIpc) is 3.58. The predicted molar refractivity (Wildman–Crippen MR) is 151 cm³/mol. The molecule has 1 aromatic heterocycles. The highest BCUT2D eigenvalue weighted by Gasteiger charge is 2.50. The number of carbonyl (C=O) groups excluding carboxylic acids is 2. The number of amides is 2. The van der Waals surface area contributed by atoms with E-state index in [4.69, 9.17) is 20.9 Å². The van der Waals surface area contributed by atoms with Gasteiger partial charge in [0.05, 0.1) is 17.4 Å². The van der Waals surface area contributed by atoms with Crippen LogP contribution in [0, 0.1) is 11.3 Å². The summed E-state index contributed by atoms with van der Waals surface area (Å²) in [5, 5.41) is 15.0. The first-order valence-corrected chi connectivity index (χ1v) is 15.4. The van der Waals surface area contributed by atoms with Crippen LogP contribution in [0.2, 0.25) is 5.02 Å². The van der Waals surface area contributed by atoms with Crippen LogP contribution in [0.4, 0.5) is 0 Å². The van der Waals surface area contributed by atoms with E-state index in [0.29, 0.717) is 56.1 Å². The van der Waals surface area contributed by atoms with E-state index in [-0.39, 0.29) is 18.4 Å². The molecule has 4 aliphatic rings. The van der Waals surface area contributed by atoms with Crippen LogP contribution in [0.15, 0.2) is 16.7 Å². The molecular formula is C31H38ClN3O6. The minimum Gasteiger partial charge on any atom is -0.487 e. The van der Waals surface area contributed by atoms with Gasteiger partial charge < -0.3 is 24.2 Å². The van der Waals surface area contributed by atoms with Gasteiger partial charge in [-0.2, -0.15) is 0 Å². The summed E-state index contributed by atoms with van der Waals surface area (Å²) in [6, 6.07) is 3.17. The molecule has 2 fully saturated rings. The molecule has 0 spiro atoms. The third-order valence-corrected chi connectivity index (χ3v) is 10.2. The number of ether oxygens (including phenoxy) is 1. The predicted octanol–water partition coefficient (Wildman–Crippen LogP) is 5.12. The van der Waals surface area contributed by atoms with Gasteiger partial charge in [0, 0.05) is 48.6 Å². The highest BCUT2D eigenvalue weighted by molar-refractivity contribution is 6.31. The van der Waals surface area contributed by atoms with Crippen molar-refractivity contribution < 1.29 is 28.8 Å². The van der Waals surface area contributed by atoms with E-state index in [1.807, 2.05) is 21.9 Å². The van der Waals surface area contributed by atoms with Crippen LogP contribution in [0.25, 0.3) is 0 Å². The first-order chi connectivity index (χ1) is 19.8. The first kappa shape index (κ1) is 28.1. The number of carbonyl (C=O) groups is 3. The second-order valence-corrected chi connectivity index (χ2v) is 12.6. The summed E-state index contributed by atoms with van der Waals surface area (Å²) in [6.07, 6.45) is 8.41. The van der Waals surface area contributed by atoms with Gasteiger partial charge in [-0.1, -0.05) is 29.6 Å². The highest BCUT2D eigenvalue weighted by Crippen LogP contribution is 2.46. The fourth-order valence-electron chi connectivity index (χ4n) is 7.36. The van der Waals surface area contributed by atoms with Crippen LogP contribution in [0.1, 0.15) is 92.5 Å². The summed E-state index contributed by atoms with van der Waals surface area (Å²) >= 11 is 6.74. The van der Waals surface area contributed by atoms with Crippen LogP contribution in [0.5, 0.6) is 5.75 Å². The first-order valence-electron chi connectivity index (χ1n) is 15.0. The molecule has 2 aliphatic carbocycles. The number of aromatic nitrogens is 1. The van der Waals surface area contributed by atoms with Crippen LogP contribution < -0.4 is 4.74 Å². The molecule has 3 atom stereocenters. The van der Waals surface area contributed by atoms with Crippen molar-refractivity contribution >= 4 is 29.4 Å². The van der Waals surface area contributed by atoms with Gasteiger partial charge in [0.2, 0.25) is 11.8 Å². The molecule has 1 saturated carbocycles. The maximum Gasteiger partial charge on any atom is 0.310 e. The lowest BCUT2D eigenvalue weighted by Gasteiger charge is -2.45. The average molecular weight is 584 g/mol. The fraction of sp³-hybridized carbons (Fsp3) is 0.613. The monoisotopic (exact) mass is 583 g/mol. The quantitative estimate of drug-likeness (QED) is 0.481. The SMILES string of the molecule is C[C@]1(C(=O)O)CCCCC1C(=O)N1CCc2c(Cl)ccc(OCc3noc4c3CCCC4)c2C1CN1CCCC1=O. The lowest BCUT2D eigenvalue weighted by Crippen LogP contribution is -2.52. The van der Waals surface area contributed by atoms with E-state index >= 15 is 0 Å². The molecule has 1 aromatic carbocycles. The largest absolute Gasteiger partial charge is 0.487 e. The maximum atomic E-state index is 14.3. The molecule has 1 saturated heterocycles. The zero-order valence-electron chi connectivity index (χ0n) is 23.6. The molecule has 1 N–H and O–H groups in total. The molecule has 3 heterocycles. The van der Waals surface area contributed by atoms with Gasteiger partial charge in [-0.15, -0.1) is 0 Å². The van der Waals surface area contributed by atoms with Crippen molar-refractivity contribution in [2.75, 3.05) is 19.6 Å². The number of hydrogen-bond acceptors (Lipinski definition) is 6. The normalized spacial score (nSPS) is 26.0. The van der Waals surface area contributed by atoms with E-state index in [0.717, 1.165) is 73.1 Å². The number of carboxylic acid groups (broad SMARTS) is 1. The number of rotatable bonds is 7. The van der Waals surface area contributed by atoms with Crippen molar-refractivity contribution in [3.05, 3.63) is 45.3 Å². The van der Waals surface area contributed by atoms with Crippen LogP contribution in [-0.2, 0) is 40.3 Å². The number of fused-ring (bicyclic) bond motifs is 2. The summed E-state index contributed by atoms with van der Waals surface area (Å²) in [4.78, 5) is 43.1. The summed E-state index contributed by atoms with van der Waals surface area (Å²) < 4.78 is 12.0. The molecule has 41 heavy (non-hydrogen) atoms. The minimum atomic E-state index is -1.12. The zero-order valence-corrected chi connectivity index (χ0v) is 24.4. The van der Waals surface area contributed by atoms with Gasteiger partial charge in [-0.3, -0.25) is 14.4 Å². The Bertz CT molecular complexity index is 1360. The van der Waals surface area contributed by atoms with Crippen molar-refractivity contribution in [3.63, 3.8) is 0 Å². The van der Waals surface area contributed by atoms with Crippen molar-refractivity contribution in [1.82, 2.24) is 15.0 Å². The molecule has 2 aromatic rings. The molecular weight excluding hydrogens is 546 g/mol. The Kier molecular flexibility index (Phi) is 7.74. The number of aliphatic carboxylic acids is 1. The smallest absolute Gasteiger partial charge is 0.310 e. The molecule has 0 radical (unpaired) electrons. The number of nitrogens with zero attached hydrogens (tertiary/aromatic N) is 3. The number of benzene rings is 1. The number of carboxylic acids is 1. The van der Waals surface area contributed by atoms with Gasteiger partial charge >= 0.3 is 5.97 Å². The molecule has 2 unspecified atom stereocenters. The van der Waals surface area contributed by atoms with Gasteiger partial charge in [-0.05, 0) is 69.6 Å².